The quantitative estimate of drug-likeness (QED) is 0.782. The minimum Gasteiger partial charge on any atom is -0.481 e. The smallest absolute Gasteiger partial charge is 0.422 e. The van der Waals surface area contributed by atoms with Crippen molar-refractivity contribution in [3.63, 3.8) is 0 Å². The Morgan fingerprint density at radius 2 is 1.59 bits per heavy atom. The van der Waals surface area contributed by atoms with E-state index in [4.69, 9.17) is 5.11 Å². The number of esters is 1. The van der Waals surface area contributed by atoms with Gasteiger partial charge in [-0.05, 0) is 25.7 Å². The van der Waals surface area contributed by atoms with E-state index < -0.39 is 36.6 Å². The monoisotopic (exact) mass is 254 g/mol. The minimum atomic E-state index is -4.52. The molecule has 1 N–H and O–H groups in total. The van der Waals surface area contributed by atoms with Crippen LogP contribution >= 0.6 is 0 Å². The summed E-state index contributed by atoms with van der Waals surface area (Å²) in [6, 6.07) is 0. The van der Waals surface area contributed by atoms with E-state index in [2.05, 4.69) is 4.74 Å². The van der Waals surface area contributed by atoms with E-state index in [1.54, 1.807) is 0 Å². The second-order valence-corrected chi connectivity index (χ2v) is 4.11. The molecule has 0 atom stereocenters. The van der Waals surface area contributed by atoms with E-state index in [0.29, 0.717) is 12.8 Å². The molecule has 4 nitrogen and oxygen atoms in total. The summed E-state index contributed by atoms with van der Waals surface area (Å²) in [6.07, 6.45) is -3.36. The maximum Gasteiger partial charge on any atom is 0.422 e. The van der Waals surface area contributed by atoms with E-state index in [-0.39, 0.29) is 12.8 Å². The fourth-order valence-electron chi connectivity index (χ4n) is 1.85. The number of rotatable bonds is 3. The Balaban J connectivity index is 2.33. The molecule has 1 fully saturated rings. The van der Waals surface area contributed by atoms with Gasteiger partial charge in [0.15, 0.2) is 6.61 Å². The number of carbonyl (C=O) groups excluding carboxylic acids is 1. The highest BCUT2D eigenvalue weighted by atomic mass is 19.4. The van der Waals surface area contributed by atoms with Crippen molar-refractivity contribution in [1.82, 2.24) is 0 Å². The number of alkyl halides is 3. The first-order valence-corrected chi connectivity index (χ1v) is 5.26. The number of carbonyl (C=O) groups is 2. The van der Waals surface area contributed by atoms with Crippen molar-refractivity contribution in [3.8, 4) is 0 Å². The number of hydrogen-bond acceptors (Lipinski definition) is 3. The lowest BCUT2D eigenvalue weighted by Gasteiger charge is -2.24. The summed E-state index contributed by atoms with van der Waals surface area (Å²) in [4.78, 5) is 21.9. The van der Waals surface area contributed by atoms with Gasteiger partial charge in [0.2, 0.25) is 0 Å². The topological polar surface area (TPSA) is 63.6 Å². The number of ether oxygens (including phenoxy) is 1. The maximum absolute atomic E-state index is 11.8. The lowest BCUT2D eigenvalue weighted by Crippen LogP contribution is -2.29. The highest BCUT2D eigenvalue weighted by Gasteiger charge is 2.34. The van der Waals surface area contributed by atoms with Crippen molar-refractivity contribution in [2.45, 2.75) is 31.9 Å². The summed E-state index contributed by atoms with van der Waals surface area (Å²) in [7, 11) is 0. The fraction of sp³-hybridized carbons (Fsp3) is 0.800. The van der Waals surface area contributed by atoms with Gasteiger partial charge in [0.25, 0.3) is 0 Å². The van der Waals surface area contributed by atoms with Gasteiger partial charge in [0.05, 0.1) is 11.8 Å². The Labute approximate surface area is 95.7 Å². The molecule has 0 bridgehead atoms. The molecule has 1 aliphatic carbocycles. The highest BCUT2D eigenvalue weighted by Crippen LogP contribution is 2.30. The van der Waals surface area contributed by atoms with Crippen LogP contribution in [0.4, 0.5) is 13.2 Å². The number of aliphatic carboxylic acids is 1. The van der Waals surface area contributed by atoms with E-state index in [1.165, 1.54) is 0 Å². The first-order valence-electron chi connectivity index (χ1n) is 5.26. The molecular formula is C10H13F3O4. The third-order valence-corrected chi connectivity index (χ3v) is 2.79. The average Bonchev–Trinajstić information content (AvgIpc) is 2.25. The van der Waals surface area contributed by atoms with Crippen LogP contribution in [0.2, 0.25) is 0 Å². The van der Waals surface area contributed by atoms with Gasteiger partial charge < -0.3 is 9.84 Å². The van der Waals surface area contributed by atoms with Crippen molar-refractivity contribution in [1.29, 1.82) is 0 Å². The molecule has 0 aromatic rings. The largest absolute Gasteiger partial charge is 0.481 e. The second kappa shape index (κ2) is 5.37. The molecule has 0 radical (unpaired) electrons. The molecule has 0 amide bonds. The second-order valence-electron chi connectivity index (χ2n) is 4.11. The van der Waals surface area contributed by atoms with Gasteiger partial charge in [-0.2, -0.15) is 13.2 Å². The van der Waals surface area contributed by atoms with Crippen LogP contribution in [0.3, 0.4) is 0 Å². The van der Waals surface area contributed by atoms with Crippen molar-refractivity contribution < 1.29 is 32.6 Å². The van der Waals surface area contributed by atoms with E-state index in [1.807, 2.05) is 0 Å². The molecule has 0 aliphatic heterocycles. The standard InChI is InChI=1S/C10H13F3O4/c11-10(12,13)5-17-9(16)7-3-1-6(2-4-7)8(14)15/h6-7H,1-5H2,(H,14,15). The van der Waals surface area contributed by atoms with Crippen molar-refractivity contribution >= 4 is 11.9 Å². The van der Waals surface area contributed by atoms with Crippen LogP contribution in [-0.4, -0.2) is 29.8 Å². The average molecular weight is 254 g/mol. The zero-order valence-electron chi connectivity index (χ0n) is 9.00. The summed E-state index contributed by atoms with van der Waals surface area (Å²) in [5.41, 5.74) is 0. The fourth-order valence-corrected chi connectivity index (χ4v) is 1.85. The van der Waals surface area contributed by atoms with Crippen LogP contribution in [0.15, 0.2) is 0 Å². The third-order valence-electron chi connectivity index (χ3n) is 2.79. The highest BCUT2D eigenvalue weighted by molar-refractivity contribution is 5.74. The van der Waals surface area contributed by atoms with Crippen molar-refractivity contribution in [3.05, 3.63) is 0 Å². The Morgan fingerprint density at radius 1 is 1.12 bits per heavy atom. The molecule has 17 heavy (non-hydrogen) atoms. The van der Waals surface area contributed by atoms with Gasteiger partial charge in [-0.3, -0.25) is 9.59 Å². The SMILES string of the molecule is O=C(O)C1CCC(C(=O)OCC(F)(F)F)CC1. The Bertz CT molecular complexity index is 292. The molecule has 0 heterocycles. The molecule has 0 unspecified atom stereocenters. The van der Waals surface area contributed by atoms with Crippen molar-refractivity contribution in [2.24, 2.45) is 11.8 Å². The summed E-state index contributed by atoms with van der Waals surface area (Å²) in [5.74, 6) is -2.91. The molecule has 7 heteroatoms. The molecular weight excluding hydrogens is 241 g/mol. The van der Waals surface area contributed by atoms with Gasteiger partial charge in [0, 0.05) is 0 Å². The van der Waals surface area contributed by atoms with Crippen LogP contribution in [0.1, 0.15) is 25.7 Å². The van der Waals surface area contributed by atoms with Gasteiger partial charge >= 0.3 is 18.1 Å². The van der Waals surface area contributed by atoms with Gasteiger partial charge in [-0.1, -0.05) is 0 Å². The number of halogens is 3. The van der Waals surface area contributed by atoms with Crippen LogP contribution < -0.4 is 0 Å². The number of hydrogen-bond donors (Lipinski definition) is 1. The normalized spacial score (nSPS) is 25.4. The van der Waals surface area contributed by atoms with E-state index in [9.17, 15) is 22.8 Å². The lowest BCUT2D eigenvalue weighted by atomic mass is 9.82. The molecule has 0 saturated heterocycles. The predicted molar refractivity (Wildman–Crippen MR) is 50.1 cm³/mol. The van der Waals surface area contributed by atoms with E-state index >= 15 is 0 Å². The Kier molecular flexibility index (Phi) is 4.36. The third kappa shape index (κ3) is 4.62. The van der Waals surface area contributed by atoms with Crippen molar-refractivity contribution in [2.75, 3.05) is 6.61 Å². The molecule has 0 aromatic heterocycles. The summed E-state index contributed by atoms with van der Waals surface area (Å²) in [6.45, 7) is -1.58. The predicted octanol–water partition coefficient (Wildman–Crippen LogP) is 1.98. The Hall–Kier alpha value is -1.27. The van der Waals surface area contributed by atoms with Gasteiger partial charge in [0.1, 0.15) is 0 Å². The minimum absolute atomic E-state index is 0.271. The van der Waals surface area contributed by atoms with Crippen LogP contribution in [0.5, 0.6) is 0 Å². The molecule has 0 spiro atoms. The molecule has 1 saturated carbocycles. The first kappa shape index (κ1) is 13.8. The number of carboxylic acids is 1. The summed E-state index contributed by atoms with van der Waals surface area (Å²) < 4.78 is 39.5. The molecule has 0 aromatic carbocycles. The zero-order chi connectivity index (χ0) is 13.1. The van der Waals surface area contributed by atoms with Gasteiger partial charge in [-0.15, -0.1) is 0 Å². The maximum atomic E-state index is 11.8. The van der Waals surface area contributed by atoms with E-state index in [0.717, 1.165) is 0 Å². The molecule has 1 aliphatic rings. The van der Waals surface area contributed by atoms with Crippen LogP contribution in [-0.2, 0) is 14.3 Å². The summed E-state index contributed by atoms with van der Waals surface area (Å²) in [5, 5.41) is 8.71. The first-order chi connectivity index (χ1) is 7.79. The number of carboxylic acid groups (broad SMARTS) is 1. The molecule has 98 valence electrons. The van der Waals surface area contributed by atoms with Gasteiger partial charge in [-0.25, -0.2) is 0 Å². The summed E-state index contributed by atoms with van der Waals surface area (Å²) >= 11 is 0. The van der Waals surface area contributed by atoms with Crippen LogP contribution in [0, 0.1) is 11.8 Å². The van der Waals surface area contributed by atoms with Crippen LogP contribution in [0.25, 0.3) is 0 Å². The zero-order valence-corrected chi connectivity index (χ0v) is 9.00. The Morgan fingerprint density at radius 3 is 2.00 bits per heavy atom. The lowest BCUT2D eigenvalue weighted by molar-refractivity contribution is -0.190. The molecule has 1 rings (SSSR count).